The summed E-state index contributed by atoms with van der Waals surface area (Å²) in [4.78, 5) is 94.0. The van der Waals surface area contributed by atoms with E-state index in [0.717, 1.165) is 0 Å². The third-order valence-corrected chi connectivity index (χ3v) is 8.28. The molecule has 310 valence electrons. The SMILES string of the molecule is CC(C)[C@H](NC(=O)[C@H](CCCCN)NC(=O)[C@H](CC(=O)O)NC(=O)[C@@H](N)CCCN=C(N)N)C(=O)N[C@@H](CCCCN)C(=O)N[C@@H](CCCCN)C(=O)O. The van der Waals surface area contributed by atoms with Crippen molar-refractivity contribution in [3.8, 4) is 0 Å². The normalized spacial score (nSPS) is 14.4. The quantitative estimate of drug-likeness (QED) is 0.0190. The van der Waals surface area contributed by atoms with Crippen molar-refractivity contribution in [3.63, 3.8) is 0 Å². The Morgan fingerprint density at radius 2 is 0.981 bits per heavy atom. The molecule has 0 saturated heterocycles. The van der Waals surface area contributed by atoms with Gasteiger partial charge in [-0.3, -0.25) is 33.8 Å². The maximum Gasteiger partial charge on any atom is 0.326 e. The number of carbonyl (C=O) groups is 7. The zero-order valence-corrected chi connectivity index (χ0v) is 31.5. The summed E-state index contributed by atoms with van der Waals surface area (Å²) in [6.45, 7) is 4.45. The molecule has 0 aromatic heterocycles. The number of aliphatic carboxylic acids is 2. The largest absolute Gasteiger partial charge is 0.481 e. The van der Waals surface area contributed by atoms with Crippen LogP contribution in [0.5, 0.6) is 0 Å². The van der Waals surface area contributed by atoms with Crippen LogP contribution >= 0.6 is 0 Å². The lowest BCUT2D eigenvalue weighted by Gasteiger charge is -2.28. The van der Waals surface area contributed by atoms with Crippen molar-refractivity contribution >= 4 is 47.4 Å². The summed E-state index contributed by atoms with van der Waals surface area (Å²) < 4.78 is 0. The topological polar surface area (TPSA) is 389 Å². The van der Waals surface area contributed by atoms with Crippen LogP contribution in [0, 0.1) is 5.92 Å². The standard InChI is InChI=1S/C33H64N12O9/c1-19(2)26(31(52)42-21(11-3-6-14-34)28(49)43-23(32(53)54)13-5-8-16-36)45-29(50)22(12-4-7-15-35)41-30(51)24(18-25(46)47)44-27(48)20(37)10-9-17-40-33(38)39/h19-24,26H,3-18,34-37H2,1-2H3,(H,41,51)(H,42,52)(H,43,49)(H,44,48)(H,45,50)(H,46,47)(H,53,54)(H4,38,39,40)/t20-,21-,22-,23-,24-,26-/m0/s1. The molecule has 19 N–H and O–H groups in total. The Kier molecular flexibility index (Phi) is 25.5. The third-order valence-electron chi connectivity index (χ3n) is 8.28. The number of unbranched alkanes of at least 4 members (excludes halogenated alkanes) is 3. The molecule has 0 aliphatic rings. The van der Waals surface area contributed by atoms with Crippen LogP contribution in [-0.4, -0.2) is 120 Å². The second-order valence-corrected chi connectivity index (χ2v) is 13.3. The average molecular weight is 773 g/mol. The Morgan fingerprint density at radius 3 is 1.43 bits per heavy atom. The molecule has 0 rings (SSSR count). The van der Waals surface area contributed by atoms with E-state index in [0.29, 0.717) is 58.0 Å². The van der Waals surface area contributed by atoms with Crippen LogP contribution in [0.4, 0.5) is 0 Å². The lowest BCUT2D eigenvalue weighted by molar-refractivity contribution is -0.143. The van der Waals surface area contributed by atoms with Gasteiger partial charge >= 0.3 is 11.9 Å². The van der Waals surface area contributed by atoms with Crippen LogP contribution in [0.2, 0.25) is 0 Å². The predicted molar refractivity (Wildman–Crippen MR) is 201 cm³/mol. The Morgan fingerprint density at radius 1 is 0.556 bits per heavy atom. The fourth-order valence-corrected chi connectivity index (χ4v) is 5.18. The van der Waals surface area contributed by atoms with Crippen LogP contribution in [0.15, 0.2) is 4.99 Å². The molecule has 0 aromatic carbocycles. The number of carbonyl (C=O) groups excluding carboxylic acids is 5. The summed E-state index contributed by atoms with van der Waals surface area (Å²) in [5.41, 5.74) is 33.2. The maximum absolute atomic E-state index is 13.7. The van der Waals surface area contributed by atoms with E-state index in [1.54, 1.807) is 13.8 Å². The summed E-state index contributed by atoms with van der Waals surface area (Å²) in [7, 11) is 0. The van der Waals surface area contributed by atoms with Crippen molar-refractivity contribution in [1.82, 2.24) is 26.6 Å². The van der Waals surface area contributed by atoms with Gasteiger partial charge in [0.1, 0.15) is 30.2 Å². The van der Waals surface area contributed by atoms with Crippen molar-refractivity contribution in [2.24, 2.45) is 45.3 Å². The minimum Gasteiger partial charge on any atom is -0.481 e. The fraction of sp³-hybridized carbons (Fsp3) is 0.758. The lowest BCUT2D eigenvalue weighted by atomic mass is 10.00. The van der Waals surface area contributed by atoms with Gasteiger partial charge in [-0.1, -0.05) is 13.8 Å². The summed E-state index contributed by atoms with van der Waals surface area (Å²) >= 11 is 0. The highest BCUT2D eigenvalue weighted by Crippen LogP contribution is 2.10. The number of hydrogen-bond acceptors (Lipinski definition) is 12. The fourth-order valence-electron chi connectivity index (χ4n) is 5.18. The molecular weight excluding hydrogens is 708 g/mol. The van der Waals surface area contributed by atoms with Crippen LogP contribution < -0.4 is 61.0 Å². The van der Waals surface area contributed by atoms with Crippen LogP contribution in [-0.2, 0) is 33.6 Å². The summed E-state index contributed by atoms with van der Waals surface area (Å²) in [6, 6.07) is -7.60. The Balaban J connectivity index is 6.06. The van der Waals surface area contributed by atoms with E-state index in [9.17, 15) is 43.8 Å². The van der Waals surface area contributed by atoms with Gasteiger partial charge in [-0.15, -0.1) is 0 Å². The number of nitrogens with zero attached hydrogens (tertiary/aromatic N) is 1. The summed E-state index contributed by atoms with van der Waals surface area (Å²) in [5, 5.41) is 31.7. The van der Waals surface area contributed by atoms with Gasteiger partial charge in [0.15, 0.2) is 5.96 Å². The number of nitrogens with two attached hydrogens (primary N) is 6. The highest BCUT2D eigenvalue weighted by molar-refractivity contribution is 5.97. The van der Waals surface area contributed by atoms with Gasteiger partial charge < -0.3 is 71.2 Å². The summed E-state index contributed by atoms with van der Waals surface area (Å²) in [5.74, 6) is -7.35. The van der Waals surface area contributed by atoms with Crippen LogP contribution in [0.25, 0.3) is 0 Å². The van der Waals surface area contributed by atoms with Crippen molar-refractivity contribution in [1.29, 1.82) is 0 Å². The van der Waals surface area contributed by atoms with Gasteiger partial charge in [-0.2, -0.15) is 0 Å². The Bertz CT molecular complexity index is 1230. The molecule has 0 aliphatic carbocycles. The van der Waals surface area contributed by atoms with E-state index in [2.05, 4.69) is 31.6 Å². The van der Waals surface area contributed by atoms with E-state index >= 15 is 0 Å². The van der Waals surface area contributed by atoms with E-state index in [-0.39, 0.29) is 44.7 Å². The first-order valence-electron chi connectivity index (χ1n) is 18.4. The molecule has 0 aromatic rings. The molecule has 5 amide bonds. The first kappa shape index (κ1) is 49.4. The third kappa shape index (κ3) is 21.2. The first-order valence-corrected chi connectivity index (χ1v) is 18.4. The second-order valence-electron chi connectivity index (χ2n) is 13.3. The number of guanidine groups is 1. The molecule has 54 heavy (non-hydrogen) atoms. The molecule has 21 nitrogen and oxygen atoms in total. The first-order chi connectivity index (χ1) is 25.5. The molecule has 0 unspecified atom stereocenters. The van der Waals surface area contributed by atoms with E-state index in [1.807, 2.05) is 0 Å². The molecule has 0 aliphatic heterocycles. The monoisotopic (exact) mass is 772 g/mol. The van der Waals surface area contributed by atoms with Gasteiger partial charge in [0.25, 0.3) is 0 Å². The zero-order valence-electron chi connectivity index (χ0n) is 31.5. The molecule has 0 saturated carbocycles. The van der Waals surface area contributed by atoms with Gasteiger partial charge in [0.05, 0.1) is 12.5 Å². The maximum atomic E-state index is 13.7. The molecule has 0 spiro atoms. The number of carboxylic acids is 2. The number of aliphatic imine (C=N–C) groups is 1. The van der Waals surface area contributed by atoms with Crippen LogP contribution in [0.3, 0.4) is 0 Å². The minimum absolute atomic E-state index is 0.0457. The van der Waals surface area contributed by atoms with Gasteiger partial charge in [0, 0.05) is 6.54 Å². The Hall–Kier alpha value is -4.60. The lowest BCUT2D eigenvalue weighted by Crippen LogP contribution is -2.60. The molecule has 0 radical (unpaired) electrons. The zero-order chi connectivity index (χ0) is 41.2. The van der Waals surface area contributed by atoms with Crippen molar-refractivity contribution in [3.05, 3.63) is 0 Å². The van der Waals surface area contributed by atoms with Crippen molar-refractivity contribution in [2.45, 2.75) is 127 Å². The number of nitrogens with one attached hydrogen (secondary N) is 5. The highest BCUT2D eigenvalue weighted by Gasteiger charge is 2.34. The van der Waals surface area contributed by atoms with Crippen molar-refractivity contribution in [2.75, 3.05) is 26.2 Å². The van der Waals surface area contributed by atoms with Crippen LogP contribution in [0.1, 0.15) is 90.9 Å². The second kappa shape index (κ2) is 27.9. The highest BCUT2D eigenvalue weighted by atomic mass is 16.4. The molecule has 6 atom stereocenters. The number of hydrogen-bond donors (Lipinski definition) is 13. The number of amides is 5. The summed E-state index contributed by atoms with van der Waals surface area (Å²) in [6.07, 6.45) is 2.76. The van der Waals surface area contributed by atoms with Gasteiger partial charge in [-0.25, -0.2) is 4.79 Å². The van der Waals surface area contributed by atoms with E-state index < -0.39 is 90.1 Å². The molecular formula is C33H64N12O9. The molecule has 0 fully saturated rings. The van der Waals surface area contributed by atoms with E-state index in [1.165, 1.54) is 0 Å². The van der Waals surface area contributed by atoms with Gasteiger partial charge in [0.2, 0.25) is 29.5 Å². The number of rotatable bonds is 30. The Labute approximate surface area is 316 Å². The van der Waals surface area contributed by atoms with Gasteiger partial charge in [-0.05, 0) is 96.2 Å². The van der Waals surface area contributed by atoms with Crippen molar-refractivity contribution < 1.29 is 43.8 Å². The van der Waals surface area contributed by atoms with E-state index in [4.69, 9.17) is 34.4 Å². The smallest absolute Gasteiger partial charge is 0.326 e. The average Bonchev–Trinajstić information content (AvgIpc) is 3.09. The number of carboxylic acid groups (broad SMARTS) is 2. The molecule has 21 heteroatoms. The molecule has 0 heterocycles. The minimum atomic E-state index is -1.61. The predicted octanol–water partition coefficient (Wildman–Crippen LogP) is -3.61. The molecule has 0 bridgehead atoms.